The number of nitrogens with one attached hydrogen (secondary N) is 1. The summed E-state index contributed by atoms with van der Waals surface area (Å²) in [7, 11) is 0. The topological polar surface area (TPSA) is 83.9 Å². The summed E-state index contributed by atoms with van der Waals surface area (Å²) in [6.45, 7) is 4.26. The lowest BCUT2D eigenvalue weighted by Gasteiger charge is -2.11. The van der Waals surface area contributed by atoms with E-state index in [1.807, 2.05) is 66.3 Å². The summed E-state index contributed by atoms with van der Waals surface area (Å²) in [5.41, 5.74) is 4.20. The maximum atomic E-state index is 12.7. The summed E-state index contributed by atoms with van der Waals surface area (Å²) < 4.78 is 8.19. The highest BCUT2D eigenvalue weighted by molar-refractivity contribution is 8.01. The number of hydrogen-bond donors (Lipinski definition) is 1. The predicted molar refractivity (Wildman–Crippen MR) is 123 cm³/mol. The Morgan fingerprint density at radius 2 is 2.06 bits per heavy atom. The number of thiazole rings is 1. The van der Waals surface area contributed by atoms with Crippen LogP contribution < -0.4 is 5.32 Å². The Morgan fingerprint density at radius 3 is 2.77 bits per heavy atom. The number of carbonyl (C=O) groups is 1. The standard InChI is InChI=1S/C23H20N4O2S2/c1-15-16(2)27(12-18-9-6-10-29-18)22(19(15)11-24)26-21(28)14-31-23-25-20(13-30-23)17-7-4-3-5-8-17/h3-10,13H,12,14H2,1-2H3,(H,26,28). The minimum atomic E-state index is -0.184. The Kier molecular flexibility index (Phi) is 6.26. The fourth-order valence-electron chi connectivity index (χ4n) is 3.25. The lowest BCUT2D eigenvalue weighted by Crippen LogP contribution is -2.18. The number of thioether (sulfide) groups is 1. The molecule has 0 saturated carbocycles. The highest BCUT2D eigenvalue weighted by Gasteiger charge is 2.20. The van der Waals surface area contributed by atoms with Crippen molar-refractivity contribution in [2.24, 2.45) is 0 Å². The summed E-state index contributed by atoms with van der Waals surface area (Å²) in [5, 5.41) is 14.6. The number of rotatable bonds is 7. The first kappa shape index (κ1) is 21.0. The molecule has 0 aliphatic carbocycles. The van der Waals surface area contributed by atoms with Crippen molar-refractivity contribution >= 4 is 34.8 Å². The molecule has 0 aliphatic heterocycles. The van der Waals surface area contributed by atoms with Gasteiger partial charge in [0.15, 0.2) is 4.34 Å². The van der Waals surface area contributed by atoms with Crippen molar-refractivity contribution in [1.29, 1.82) is 5.26 Å². The number of aromatic nitrogens is 2. The van der Waals surface area contributed by atoms with E-state index in [1.54, 1.807) is 6.26 Å². The van der Waals surface area contributed by atoms with E-state index in [0.29, 0.717) is 17.9 Å². The van der Waals surface area contributed by atoms with Crippen LogP contribution >= 0.6 is 23.1 Å². The van der Waals surface area contributed by atoms with Crippen LogP contribution in [-0.4, -0.2) is 21.2 Å². The predicted octanol–water partition coefficient (Wildman–Crippen LogP) is 5.47. The van der Waals surface area contributed by atoms with Crippen LogP contribution in [0.2, 0.25) is 0 Å². The van der Waals surface area contributed by atoms with E-state index < -0.39 is 0 Å². The molecular weight excluding hydrogens is 428 g/mol. The van der Waals surface area contributed by atoms with Gasteiger partial charge in [-0.1, -0.05) is 42.1 Å². The molecule has 0 aliphatic rings. The van der Waals surface area contributed by atoms with Crippen molar-refractivity contribution in [3.05, 3.63) is 76.7 Å². The molecule has 31 heavy (non-hydrogen) atoms. The van der Waals surface area contributed by atoms with Gasteiger partial charge in [0.05, 0.1) is 29.8 Å². The van der Waals surface area contributed by atoms with Crippen molar-refractivity contribution in [3.8, 4) is 17.3 Å². The number of furan rings is 1. The van der Waals surface area contributed by atoms with Gasteiger partial charge in [-0.3, -0.25) is 4.79 Å². The summed E-state index contributed by atoms with van der Waals surface area (Å²) in [4.78, 5) is 17.3. The highest BCUT2D eigenvalue weighted by atomic mass is 32.2. The van der Waals surface area contributed by atoms with E-state index >= 15 is 0 Å². The average molecular weight is 449 g/mol. The molecule has 6 nitrogen and oxygen atoms in total. The first-order valence-corrected chi connectivity index (χ1v) is 11.5. The van der Waals surface area contributed by atoms with Crippen LogP contribution in [0.1, 0.15) is 22.6 Å². The molecule has 0 atom stereocenters. The van der Waals surface area contributed by atoms with Crippen LogP contribution in [0.3, 0.4) is 0 Å². The molecule has 8 heteroatoms. The van der Waals surface area contributed by atoms with E-state index in [9.17, 15) is 10.1 Å². The van der Waals surface area contributed by atoms with Gasteiger partial charge in [-0.2, -0.15) is 5.26 Å². The Hall–Kier alpha value is -3.28. The van der Waals surface area contributed by atoms with Gasteiger partial charge in [-0.25, -0.2) is 4.98 Å². The second-order valence-electron chi connectivity index (χ2n) is 6.91. The van der Waals surface area contributed by atoms with E-state index in [-0.39, 0.29) is 11.7 Å². The van der Waals surface area contributed by atoms with E-state index in [4.69, 9.17) is 4.42 Å². The summed E-state index contributed by atoms with van der Waals surface area (Å²) in [5.74, 6) is 1.28. The van der Waals surface area contributed by atoms with Crippen molar-refractivity contribution in [3.63, 3.8) is 0 Å². The normalized spacial score (nSPS) is 10.7. The Morgan fingerprint density at radius 1 is 1.26 bits per heavy atom. The fourth-order valence-corrected chi connectivity index (χ4v) is 4.88. The van der Waals surface area contributed by atoms with Gasteiger partial charge in [0.25, 0.3) is 0 Å². The lowest BCUT2D eigenvalue weighted by atomic mass is 10.2. The van der Waals surface area contributed by atoms with E-state index in [2.05, 4.69) is 16.4 Å². The first-order chi connectivity index (χ1) is 15.1. The second-order valence-corrected chi connectivity index (χ2v) is 8.99. The van der Waals surface area contributed by atoms with Gasteiger partial charge in [0.1, 0.15) is 17.6 Å². The second kappa shape index (κ2) is 9.25. The molecular formula is C23H20N4O2S2. The Balaban J connectivity index is 1.47. The molecule has 0 fully saturated rings. The van der Waals surface area contributed by atoms with E-state index in [0.717, 1.165) is 32.6 Å². The molecule has 4 rings (SSSR count). The Labute approximate surface area is 188 Å². The molecule has 1 aromatic carbocycles. The number of nitrogens with zero attached hydrogens (tertiary/aromatic N) is 3. The molecule has 0 radical (unpaired) electrons. The van der Waals surface area contributed by atoms with Gasteiger partial charge in [-0.05, 0) is 31.5 Å². The molecule has 0 bridgehead atoms. The highest BCUT2D eigenvalue weighted by Crippen LogP contribution is 2.30. The third-order valence-corrected chi connectivity index (χ3v) is 6.99. The van der Waals surface area contributed by atoms with Crippen molar-refractivity contribution in [1.82, 2.24) is 9.55 Å². The number of anilines is 1. The van der Waals surface area contributed by atoms with Crippen LogP contribution in [0, 0.1) is 25.2 Å². The van der Waals surface area contributed by atoms with Crippen molar-refractivity contribution < 1.29 is 9.21 Å². The van der Waals surface area contributed by atoms with Gasteiger partial charge in [0.2, 0.25) is 5.91 Å². The number of benzene rings is 1. The third-order valence-electron chi connectivity index (χ3n) is 4.97. The molecule has 4 aromatic rings. The Bertz CT molecular complexity index is 1230. The maximum Gasteiger partial charge on any atom is 0.235 e. The average Bonchev–Trinajstić information content (AvgIpc) is 3.51. The minimum Gasteiger partial charge on any atom is -0.467 e. The number of hydrogen-bond acceptors (Lipinski definition) is 6. The van der Waals surface area contributed by atoms with Crippen molar-refractivity contribution in [2.75, 3.05) is 11.1 Å². The molecule has 1 N–H and O–H groups in total. The molecule has 3 aromatic heterocycles. The summed E-state index contributed by atoms with van der Waals surface area (Å²) >= 11 is 2.90. The zero-order valence-electron chi connectivity index (χ0n) is 17.1. The molecule has 0 unspecified atom stereocenters. The maximum absolute atomic E-state index is 12.7. The molecule has 1 amide bonds. The lowest BCUT2D eigenvalue weighted by molar-refractivity contribution is -0.113. The number of nitriles is 1. The van der Waals surface area contributed by atoms with Crippen molar-refractivity contribution in [2.45, 2.75) is 24.7 Å². The van der Waals surface area contributed by atoms with Crippen LogP contribution in [-0.2, 0) is 11.3 Å². The van der Waals surface area contributed by atoms with E-state index in [1.165, 1.54) is 23.1 Å². The molecule has 0 spiro atoms. The summed E-state index contributed by atoms with van der Waals surface area (Å²) in [6, 6.07) is 15.9. The quantitative estimate of drug-likeness (QED) is 0.379. The fraction of sp³-hybridized carbons (Fsp3) is 0.174. The zero-order chi connectivity index (χ0) is 21.8. The zero-order valence-corrected chi connectivity index (χ0v) is 18.7. The first-order valence-electron chi connectivity index (χ1n) is 9.62. The third kappa shape index (κ3) is 4.58. The van der Waals surface area contributed by atoms with Gasteiger partial charge < -0.3 is 14.3 Å². The SMILES string of the molecule is Cc1c(C#N)c(NC(=O)CSc2nc(-c3ccccc3)cs2)n(Cc2ccco2)c1C. The minimum absolute atomic E-state index is 0.184. The smallest absolute Gasteiger partial charge is 0.235 e. The molecule has 0 saturated heterocycles. The van der Waals surface area contributed by atoms with Crippen LogP contribution in [0.15, 0.2) is 62.9 Å². The largest absolute Gasteiger partial charge is 0.467 e. The van der Waals surface area contributed by atoms with Crippen LogP contribution in [0.25, 0.3) is 11.3 Å². The molecule has 3 heterocycles. The number of amides is 1. The van der Waals surface area contributed by atoms with Gasteiger partial charge in [-0.15, -0.1) is 11.3 Å². The monoisotopic (exact) mass is 448 g/mol. The van der Waals surface area contributed by atoms with Gasteiger partial charge in [0, 0.05) is 16.6 Å². The van der Waals surface area contributed by atoms with Crippen LogP contribution in [0.5, 0.6) is 0 Å². The van der Waals surface area contributed by atoms with Crippen LogP contribution in [0.4, 0.5) is 5.82 Å². The molecule has 156 valence electrons. The summed E-state index contributed by atoms with van der Waals surface area (Å²) in [6.07, 6.45) is 1.61. The van der Waals surface area contributed by atoms with Gasteiger partial charge >= 0.3 is 0 Å². The number of carbonyl (C=O) groups excluding carboxylic acids is 1.